The zero-order chi connectivity index (χ0) is 15.4. The molecule has 5 heteroatoms. The molecule has 0 bridgehead atoms. The molecule has 118 valence electrons. The quantitative estimate of drug-likeness (QED) is 0.844. The topological polar surface area (TPSA) is 68.7 Å². The molecule has 2 N–H and O–H groups in total. The van der Waals surface area contributed by atoms with Crippen LogP contribution < -0.4 is 5.73 Å². The van der Waals surface area contributed by atoms with Crippen molar-refractivity contribution in [2.24, 2.45) is 11.7 Å². The number of methoxy groups -OCH3 is 1. The number of carbonyl (C=O) groups excluding carboxylic acids is 1. The molecule has 0 aliphatic heterocycles. The Morgan fingerprint density at radius 1 is 1.48 bits per heavy atom. The van der Waals surface area contributed by atoms with E-state index < -0.39 is 5.97 Å². The molecule has 1 aliphatic carbocycles. The van der Waals surface area contributed by atoms with Gasteiger partial charge in [0.05, 0.1) is 13.7 Å². The van der Waals surface area contributed by atoms with Gasteiger partial charge in [-0.3, -0.25) is 4.90 Å². The lowest BCUT2D eigenvalue weighted by molar-refractivity contribution is 0.0557. The molecule has 2 rings (SSSR count). The van der Waals surface area contributed by atoms with E-state index in [-0.39, 0.29) is 0 Å². The maximum Gasteiger partial charge on any atom is 0.374 e. The van der Waals surface area contributed by atoms with Gasteiger partial charge in [0.2, 0.25) is 5.76 Å². The van der Waals surface area contributed by atoms with Gasteiger partial charge in [-0.2, -0.15) is 0 Å². The summed E-state index contributed by atoms with van der Waals surface area (Å²) in [5, 5.41) is 0. The van der Waals surface area contributed by atoms with Crippen molar-refractivity contribution in [2.75, 3.05) is 20.7 Å². The highest BCUT2D eigenvalue weighted by atomic mass is 16.5. The van der Waals surface area contributed by atoms with Crippen molar-refractivity contribution in [1.29, 1.82) is 0 Å². The van der Waals surface area contributed by atoms with Gasteiger partial charge < -0.3 is 14.9 Å². The number of nitrogens with two attached hydrogens (primary N) is 1. The van der Waals surface area contributed by atoms with Crippen LogP contribution in [0.5, 0.6) is 0 Å². The van der Waals surface area contributed by atoms with Crippen LogP contribution in [0.1, 0.15) is 47.6 Å². The predicted molar refractivity (Wildman–Crippen MR) is 81.1 cm³/mol. The molecule has 0 amide bonds. The fourth-order valence-corrected chi connectivity index (χ4v) is 3.33. The molecule has 0 spiro atoms. The summed E-state index contributed by atoms with van der Waals surface area (Å²) in [6.07, 6.45) is 4.92. The first-order valence-corrected chi connectivity index (χ1v) is 7.64. The Hall–Kier alpha value is -1.33. The molecule has 0 aromatic carbocycles. The maximum absolute atomic E-state index is 11.6. The minimum Gasteiger partial charge on any atom is -0.463 e. The highest BCUT2D eigenvalue weighted by Gasteiger charge is 2.28. The Morgan fingerprint density at radius 3 is 2.86 bits per heavy atom. The highest BCUT2D eigenvalue weighted by molar-refractivity contribution is 5.87. The van der Waals surface area contributed by atoms with Crippen LogP contribution >= 0.6 is 0 Å². The minimum absolute atomic E-state index is 0.305. The van der Waals surface area contributed by atoms with Gasteiger partial charge in [-0.25, -0.2) is 4.79 Å². The van der Waals surface area contributed by atoms with Crippen molar-refractivity contribution >= 4 is 5.97 Å². The first kappa shape index (κ1) is 16.0. The van der Waals surface area contributed by atoms with Crippen LogP contribution in [0.2, 0.25) is 0 Å². The summed E-state index contributed by atoms with van der Waals surface area (Å²) in [6.45, 7) is 3.29. The third-order valence-electron chi connectivity index (χ3n) is 4.48. The van der Waals surface area contributed by atoms with Crippen molar-refractivity contribution in [3.63, 3.8) is 0 Å². The Labute approximate surface area is 126 Å². The summed E-state index contributed by atoms with van der Waals surface area (Å²) in [5.41, 5.74) is 6.72. The van der Waals surface area contributed by atoms with Crippen molar-refractivity contribution in [3.8, 4) is 0 Å². The van der Waals surface area contributed by atoms with E-state index in [4.69, 9.17) is 14.9 Å². The summed E-state index contributed by atoms with van der Waals surface area (Å²) in [6, 6.07) is 2.42. The molecule has 1 fully saturated rings. The Bertz CT molecular complexity index is 484. The molecule has 21 heavy (non-hydrogen) atoms. The molecule has 2 unspecified atom stereocenters. The monoisotopic (exact) mass is 294 g/mol. The Morgan fingerprint density at radius 2 is 2.19 bits per heavy atom. The average molecular weight is 294 g/mol. The van der Waals surface area contributed by atoms with E-state index >= 15 is 0 Å². The van der Waals surface area contributed by atoms with Crippen LogP contribution in [0, 0.1) is 12.8 Å². The van der Waals surface area contributed by atoms with Crippen molar-refractivity contribution in [1.82, 2.24) is 4.90 Å². The highest BCUT2D eigenvalue weighted by Crippen LogP contribution is 2.28. The number of esters is 1. The third-order valence-corrected chi connectivity index (χ3v) is 4.48. The van der Waals surface area contributed by atoms with E-state index in [9.17, 15) is 4.79 Å². The van der Waals surface area contributed by atoms with Gasteiger partial charge in [-0.05, 0) is 45.3 Å². The molecule has 0 radical (unpaired) electrons. The molecule has 5 nitrogen and oxygen atoms in total. The summed E-state index contributed by atoms with van der Waals surface area (Å²) >= 11 is 0. The number of carbonyl (C=O) groups is 1. The van der Waals surface area contributed by atoms with Gasteiger partial charge in [0.1, 0.15) is 5.76 Å². The van der Waals surface area contributed by atoms with Gasteiger partial charge >= 0.3 is 5.97 Å². The van der Waals surface area contributed by atoms with Crippen LogP contribution in [-0.2, 0) is 11.3 Å². The van der Waals surface area contributed by atoms with E-state index in [1.807, 2.05) is 13.0 Å². The van der Waals surface area contributed by atoms with Gasteiger partial charge in [-0.1, -0.05) is 12.8 Å². The van der Waals surface area contributed by atoms with E-state index in [0.29, 0.717) is 24.3 Å². The van der Waals surface area contributed by atoms with E-state index in [1.54, 1.807) is 0 Å². The molecular formula is C16H26N2O3. The van der Waals surface area contributed by atoms with E-state index in [2.05, 4.69) is 11.9 Å². The number of ether oxygens (including phenoxy) is 1. The first-order valence-electron chi connectivity index (χ1n) is 7.64. The Kier molecular flexibility index (Phi) is 5.42. The first-order chi connectivity index (χ1) is 10.1. The summed E-state index contributed by atoms with van der Waals surface area (Å²) in [5.74, 6) is 1.25. The van der Waals surface area contributed by atoms with Gasteiger partial charge in [-0.15, -0.1) is 0 Å². The number of hydrogen-bond acceptors (Lipinski definition) is 5. The van der Waals surface area contributed by atoms with Crippen LogP contribution in [0.4, 0.5) is 0 Å². The number of furan rings is 1. The minimum atomic E-state index is -0.418. The molecule has 1 aliphatic rings. The van der Waals surface area contributed by atoms with Crippen LogP contribution in [0.15, 0.2) is 10.5 Å². The second kappa shape index (κ2) is 7.09. The lowest BCUT2D eigenvalue weighted by atomic mass is 9.83. The number of nitrogens with zero attached hydrogens (tertiary/aromatic N) is 1. The standard InChI is InChI=1S/C16H26N2O3/c1-11-8-13(21-15(11)16(19)20-3)10-18(2)14-7-5-4-6-12(14)9-17/h8,12,14H,4-7,9-10,17H2,1-3H3. The van der Waals surface area contributed by atoms with Gasteiger partial charge in [0, 0.05) is 11.6 Å². The number of aryl methyl sites for hydroxylation is 1. The SMILES string of the molecule is COC(=O)c1oc(CN(C)C2CCCCC2CN)cc1C. The third kappa shape index (κ3) is 3.66. The predicted octanol–water partition coefficient (Wildman–Crippen LogP) is 2.32. The number of rotatable bonds is 5. The maximum atomic E-state index is 11.6. The summed E-state index contributed by atoms with van der Waals surface area (Å²) in [7, 11) is 3.47. The molecular weight excluding hydrogens is 268 g/mol. The van der Waals surface area contributed by atoms with Crippen molar-refractivity contribution in [3.05, 3.63) is 23.2 Å². The fraction of sp³-hybridized carbons (Fsp3) is 0.688. The van der Waals surface area contributed by atoms with Crippen LogP contribution in [0.25, 0.3) is 0 Å². The molecule has 1 saturated carbocycles. The lowest BCUT2D eigenvalue weighted by Crippen LogP contribution is -2.42. The Balaban J connectivity index is 2.05. The second-order valence-corrected chi connectivity index (χ2v) is 5.98. The van der Waals surface area contributed by atoms with E-state index in [0.717, 1.165) is 17.9 Å². The molecule has 1 heterocycles. The molecule has 1 aromatic heterocycles. The van der Waals surface area contributed by atoms with Gasteiger partial charge in [0.25, 0.3) is 0 Å². The van der Waals surface area contributed by atoms with Gasteiger partial charge in [0.15, 0.2) is 0 Å². The smallest absolute Gasteiger partial charge is 0.374 e. The zero-order valence-corrected chi connectivity index (χ0v) is 13.2. The average Bonchev–Trinajstić information content (AvgIpc) is 2.86. The van der Waals surface area contributed by atoms with E-state index in [1.165, 1.54) is 32.8 Å². The fourth-order valence-electron chi connectivity index (χ4n) is 3.33. The zero-order valence-electron chi connectivity index (χ0n) is 13.2. The normalized spacial score (nSPS) is 22.5. The molecule has 0 saturated heterocycles. The lowest BCUT2D eigenvalue weighted by Gasteiger charge is -2.37. The molecule has 2 atom stereocenters. The van der Waals surface area contributed by atoms with Crippen molar-refractivity contribution < 1.29 is 13.9 Å². The van der Waals surface area contributed by atoms with Crippen molar-refractivity contribution in [2.45, 2.75) is 45.2 Å². The summed E-state index contributed by atoms with van der Waals surface area (Å²) < 4.78 is 10.4. The van der Waals surface area contributed by atoms with Crippen LogP contribution in [-0.4, -0.2) is 37.6 Å². The molecule has 1 aromatic rings. The van der Waals surface area contributed by atoms with Crippen LogP contribution in [0.3, 0.4) is 0 Å². The number of hydrogen-bond donors (Lipinski definition) is 1. The largest absolute Gasteiger partial charge is 0.463 e. The summed E-state index contributed by atoms with van der Waals surface area (Å²) in [4.78, 5) is 13.9. The second-order valence-electron chi connectivity index (χ2n) is 5.98.